The maximum Gasteiger partial charge on any atom is 0.304 e. The molecule has 2 heterocycles. The number of amides is 1. The summed E-state index contributed by atoms with van der Waals surface area (Å²) in [6.45, 7) is 1.86. The van der Waals surface area contributed by atoms with Crippen LogP contribution < -0.4 is 4.90 Å². The van der Waals surface area contributed by atoms with Gasteiger partial charge in [0.15, 0.2) is 0 Å². The highest BCUT2D eigenvalue weighted by atomic mass is 19.1. The van der Waals surface area contributed by atoms with Crippen LogP contribution in [0, 0.1) is 6.92 Å². The lowest BCUT2D eigenvalue weighted by Gasteiger charge is -2.19. The summed E-state index contributed by atoms with van der Waals surface area (Å²) in [6.07, 6.45) is -0.515. The zero-order chi connectivity index (χ0) is 18.7. The van der Waals surface area contributed by atoms with Gasteiger partial charge in [0.05, 0.1) is 22.9 Å². The Hall–Kier alpha value is -3.35. The minimum Gasteiger partial charge on any atom is -0.339 e. The van der Waals surface area contributed by atoms with E-state index < -0.39 is 17.9 Å². The fourth-order valence-corrected chi connectivity index (χ4v) is 3.34. The molecule has 1 aliphatic heterocycles. The van der Waals surface area contributed by atoms with Crippen molar-refractivity contribution >= 4 is 23.1 Å². The molecule has 0 unspecified atom stereocenters. The highest BCUT2D eigenvalue weighted by Crippen LogP contribution is 2.43. The predicted octanol–water partition coefficient (Wildman–Crippen LogP) is 3.73. The number of hydrogen-bond acceptors (Lipinski definition) is 5. The first-order valence-corrected chi connectivity index (χ1v) is 8.61. The Morgan fingerprint density at radius 2 is 1.93 bits per heavy atom. The van der Waals surface area contributed by atoms with Crippen LogP contribution in [0.2, 0.25) is 0 Å². The Labute approximate surface area is 153 Å². The van der Waals surface area contributed by atoms with Gasteiger partial charge >= 0.3 is 5.91 Å². The highest BCUT2D eigenvalue weighted by molar-refractivity contribution is 6.53. The Bertz CT molecular complexity index is 1110. The molecule has 1 saturated carbocycles. The average Bonchev–Trinajstić information content (AvgIpc) is 3.11. The topological polar surface area (TPSA) is 76.3 Å². The van der Waals surface area contributed by atoms with E-state index in [1.807, 2.05) is 19.1 Å². The number of carbonyl (C=O) groups excluding carboxylic acids is 2. The fraction of sp³-hybridized carbons (Fsp3) is 0.200. The molecule has 1 amide bonds. The Kier molecular flexibility index (Phi) is 3.28. The van der Waals surface area contributed by atoms with Gasteiger partial charge in [0, 0.05) is 5.56 Å². The average molecular weight is 363 g/mol. The van der Waals surface area contributed by atoms with E-state index in [1.54, 1.807) is 30.3 Å². The summed E-state index contributed by atoms with van der Waals surface area (Å²) in [5, 5.41) is 3.93. The van der Waals surface area contributed by atoms with Crippen LogP contribution in [0.15, 0.2) is 47.0 Å². The van der Waals surface area contributed by atoms with Crippen molar-refractivity contribution in [3.05, 3.63) is 59.5 Å². The van der Waals surface area contributed by atoms with E-state index in [9.17, 15) is 14.0 Å². The van der Waals surface area contributed by atoms with E-state index in [1.165, 1.54) is 4.90 Å². The number of carbonyl (C=O) groups is 2. The molecule has 2 atom stereocenters. The molecule has 0 saturated heterocycles. The summed E-state index contributed by atoms with van der Waals surface area (Å²) in [6, 6.07) is 12.3. The highest BCUT2D eigenvalue weighted by Gasteiger charge is 2.43. The summed E-state index contributed by atoms with van der Waals surface area (Å²) < 4.78 is 18.4. The molecule has 0 spiro atoms. The molecule has 134 valence electrons. The Balaban J connectivity index is 1.58. The van der Waals surface area contributed by atoms with Crippen LogP contribution in [0.5, 0.6) is 0 Å². The molecule has 5 rings (SSSR count). The van der Waals surface area contributed by atoms with Crippen molar-refractivity contribution < 1.29 is 18.5 Å². The van der Waals surface area contributed by atoms with Gasteiger partial charge in [-0.1, -0.05) is 29.4 Å². The third kappa shape index (κ3) is 2.38. The van der Waals surface area contributed by atoms with Gasteiger partial charge < -0.3 is 4.52 Å². The van der Waals surface area contributed by atoms with E-state index in [0.29, 0.717) is 34.7 Å². The number of halogens is 1. The summed E-state index contributed by atoms with van der Waals surface area (Å²) in [5.74, 6) is -0.821. The van der Waals surface area contributed by atoms with Crippen LogP contribution in [-0.4, -0.2) is 28.0 Å². The molecule has 6 nitrogen and oxygen atoms in total. The van der Waals surface area contributed by atoms with Gasteiger partial charge in [-0.3, -0.25) is 14.5 Å². The number of hydrogen-bond donors (Lipinski definition) is 0. The molecule has 0 bridgehead atoms. The molecule has 2 aromatic carbocycles. The van der Waals surface area contributed by atoms with Gasteiger partial charge in [0.2, 0.25) is 11.7 Å². The number of fused-ring (bicyclic) bond motifs is 1. The molecular weight excluding hydrogens is 349 g/mol. The number of aryl methyl sites for hydroxylation is 1. The van der Waals surface area contributed by atoms with Crippen LogP contribution in [0.3, 0.4) is 0 Å². The summed E-state index contributed by atoms with van der Waals surface area (Å²) in [5.41, 5.74) is 2.98. The van der Waals surface area contributed by atoms with E-state index >= 15 is 0 Å². The second-order valence-corrected chi connectivity index (χ2v) is 6.80. The number of aromatic nitrogens is 2. The second kappa shape index (κ2) is 5.57. The van der Waals surface area contributed by atoms with Crippen molar-refractivity contribution in [2.45, 2.75) is 25.4 Å². The van der Waals surface area contributed by atoms with Gasteiger partial charge in [-0.15, -0.1) is 0 Å². The summed E-state index contributed by atoms with van der Waals surface area (Å²) >= 11 is 0. The van der Waals surface area contributed by atoms with Crippen molar-refractivity contribution in [1.29, 1.82) is 0 Å². The third-order valence-electron chi connectivity index (χ3n) is 4.97. The molecular formula is C20H14FN3O3. The number of ketones is 1. The smallest absolute Gasteiger partial charge is 0.304 e. The normalized spacial score (nSPS) is 20.9. The predicted molar refractivity (Wildman–Crippen MR) is 94.6 cm³/mol. The lowest BCUT2D eigenvalue weighted by molar-refractivity contribution is -0.113. The zero-order valence-electron chi connectivity index (χ0n) is 14.3. The fourth-order valence-electron chi connectivity index (χ4n) is 3.34. The van der Waals surface area contributed by atoms with Crippen LogP contribution >= 0.6 is 0 Å². The molecule has 2 aliphatic rings. The largest absolute Gasteiger partial charge is 0.339 e. The number of benzene rings is 2. The number of rotatable bonds is 3. The first-order chi connectivity index (χ1) is 13.0. The third-order valence-corrected chi connectivity index (χ3v) is 4.97. The summed E-state index contributed by atoms with van der Waals surface area (Å²) in [7, 11) is 0. The van der Waals surface area contributed by atoms with Gasteiger partial charge in [0.25, 0.3) is 5.78 Å². The van der Waals surface area contributed by atoms with Crippen molar-refractivity contribution in [1.82, 2.24) is 10.1 Å². The van der Waals surface area contributed by atoms with Crippen LogP contribution in [0.4, 0.5) is 15.8 Å². The Morgan fingerprint density at radius 1 is 1.15 bits per heavy atom. The van der Waals surface area contributed by atoms with Crippen LogP contribution in [-0.2, 0) is 4.79 Å². The maximum absolute atomic E-state index is 13.2. The van der Waals surface area contributed by atoms with Gasteiger partial charge in [-0.25, -0.2) is 4.39 Å². The second-order valence-electron chi connectivity index (χ2n) is 6.80. The van der Waals surface area contributed by atoms with E-state index in [-0.39, 0.29) is 11.8 Å². The van der Waals surface area contributed by atoms with E-state index in [0.717, 1.165) is 5.56 Å². The molecule has 27 heavy (non-hydrogen) atoms. The van der Waals surface area contributed by atoms with Crippen molar-refractivity contribution in [3.8, 4) is 11.4 Å². The monoisotopic (exact) mass is 363 g/mol. The maximum atomic E-state index is 13.2. The molecule has 3 aromatic rings. The minimum atomic E-state index is -0.920. The van der Waals surface area contributed by atoms with Crippen molar-refractivity contribution in [2.75, 3.05) is 4.90 Å². The van der Waals surface area contributed by atoms with Gasteiger partial charge in [-0.05, 0) is 37.1 Å². The SMILES string of the molecule is Cc1ccc(-c2noc([C@H]3C[C@@H]3F)n2)cc1N1C(=O)C(=O)c2ccccc21. The Morgan fingerprint density at radius 3 is 2.70 bits per heavy atom. The van der Waals surface area contributed by atoms with Crippen molar-refractivity contribution in [2.24, 2.45) is 0 Å². The van der Waals surface area contributed by atoms with Crippen LogP contribution in [0.25, 0.3) is 11.4 Å². The molecule has 0 radical (unpaired) electrons. The van der Waals surface area contributed by atoms with E-state index in [2.05, 4.69) is 10.1 Å². The van der Waals surface area contributed by atoms with Crippen LogP contribution in [0.1, 0.15) is 34.2 Å². The van der Waals surface area contributed by atoms with E-state index in [4.69, 9.17) is 4.52 Å². The molecule has 1 fully saturated rings. The molecule has 0 N–H and O–H groups in total. The number of alkyl halides is 1. The lowest BCUT2D eigenvalue weighted by Crippen LogP contribution is -2.25. The van der Waals surface area contributed by atoms with Crippen molar-refractivity contribution in [3.63, 3.8) is 0 Å². The minimum absolute atomic E-state index is 0.289. The first-order valence-electron chi connectivity index (χ1n) is 8.61. The first kappa shape index (κ1) is 15.9. The number of para-hydroxylation sites is 1. The number of Topliss-reactive ketones (excluding diaryl/α,β-unsaturated/α-hetero) is 1. The lowest BCUT2D eigenvalue weighted by atomic mass is 10.1. The molecule has 1 aromatic heterocycles. The van der Waals surface area contributed by atoms with Gasteiger partial charge in [-0.2, -0.15) is 4.98 Å². The van der Waals surface area contributed by atoms with Gasteiger partial charge in [0.1, 0.15) is 6.17 Å². The number of anilines is 2. The summed E-state index contributed by atoms with van der Waals surface area (Å²) in [4.78, 5) is 30.6. The molecule has 1 aliphatic carbocycles. The number of nitrogens with zero attached hydrogens (tertiary/aromatic N) is 3. The standard InChI is InChI=1S/C20H14FN3O3/c1-10-6-7-11(18-22-19(27-23-18)13-9-14(13)21)8-16(10)24-15-5-3-2-4-12(15)17(25)20(24)26/h2-8,13-14H,9H2,1H3/t13-,14-/m0/s1. The molecule has 7 heteroatoms. The zero-order valence-corrected chi connectivity index (χ0v) is 14.3. The quantitative estimate of drug-likeness (QED) is 0.663.